The predicted molar refractivity (Wildman–Crippen MR) is 251 cm³/mol. The number of anilines is 3. The maximum atomic E-state index is 6.39. The molecule has 0 spiro atoms. The van der Waals surface area contributed by atoms with Gasteiger partial charge < -0.3 is 9.64 Å². The normalized spacial score (nSPS) is 11.5. The summed E-state index contributed by atoms with van der Waals surface area (Å²) in [6, 6.07) is 85.0. The van der Waals surface area contributed by atoms with Crippen LogP contribution in [0.4, 0.5) is 17.1 Å². The Morgan fingerprint density at radius 1 is 0.267 bits per heavy atom. The third kappa shape index (κ3) is 6.32. The van der Waals surface area contributed by atoms with Gasteiger partial charge in [0.2, 0.25) is 0 Å². The maximum Gasteiger partial charge on any atom is 0.135 e. The minimum atomic E-state index is 0.886. The summed E-state index contributed by atoms with van der Waals surface area (Å²) in [4.78, 5) is 2.42. The Bertz CT molecular complexity index is 3170. The van der Waals surface area contributed by atoms with Gasteiger partial charge in [-0.2, -0.15) is 0 Å². The molecule has 2 heteroatoms. The monoisotopic (exact) mass is 765 g/mol. The average Bonchev–Trinajstić information content (AvgIpc) is 3.33. The number of fused-ring (bicyclic) bond motifs is 2. The Hall–Kier alpha value is -7.94. The van der Waals surface area contributed by atoms with Crippen molar-refractivity contribution in [1.29, 1.82) is 0 Å². The first-order valence-electron chi connectivity index (χ1n) is 20.5. The van der Waals surface area contributed by atoms with Crippen LogP contribution in [-0.2, 0) is 0 Å². The van der Waals surface area contributed by atoms with E-state index in [0.717, 1.165) is 61.6 Å². The lowest BCUT2D eigenvalue weighted by molar-refractivity contribution is 0.487. The van der Waals surface area contributed by atoms with Crippen molar-refractivity contribution < 1.29 is 4.74 Å². The van der Waals surface area contributed by atoms with E-state index >= 15 is 0 Å². The first-order valence-corrected chi connectivity index (χ1v) is 20.5. The van der Waals surface area contributed by atoms with E-state index in [-0.39, 0.29) is 0 Å². The van der Waals surface area contributed by atoms with E-state index < -0.39 is 0 Å². The van der Waals surface area contributed by atoms with Crippen LogP contribution in [0.3, 0.4) is 0 Å². The highest BCUT2D eigenvalue weighted by Gasteiger charge is 2.23. The number of para-hydroxylation sites is 2. The smallest absolute Gasteiger partial charge is 0.135 e. The first kappa shape index (κ1) is 35.2. The summed E-state index contributed by atoms with van der Waals surface area (Å²) in [6.45, 7) is 0. The Morgan fingerprint density at radius 3 is 1.55 bits per heavy atom. The Balaban J connectivity index is 1.09. The van der Waals surface area contributed by atoms with E-state index in [1.807, 2.05) is 6.07 Å². The Morgan fingerprint density at radius 2 is 0.800 bits per heavy atom. The summed E-state index contributed by atoms with van der Waals surface area (Å²) in [5, 5.41) is 2.31. The van der Waals surface area contributed by atoms with Crippen molar-refractivity contribution >= 4 is 27.8 Å². The molecule has 282 valence electrons. The van der Waals surface area contributed by atoms with Crippen LogP contribution in [0.5, 0.6) is 11.5 Å². The van der Waals surface area contributed by atoms with E-state index in [1.165, 1.54) is 44.5 Å². The summed E-state index contributed by atoms with van der Waals surface area (Å²) in [5.74, 6) is 1.78. The fourth-order valence-corrected chi connectivity index (χ4v) is 8.88. The lowest BCUT2D eigenvalue weighted by atomic mass is 9.88. The molecule has 10 aromatic carbocycles. The van der Waals surface area contributed by atoms with Gasteiger partial charge in [-0.25, -0.2) is 0 Å². The summed E-state index contributed by atoms with van der Waals surface area (Å²) in [5.41, 5.74) is 17.3. The van der Waals surface area contributed by atoms with Crippen LogP contribution in [0.25, 0.3) is 77.5 Å². The fraction of sp³-hybridized carbons (Fsp3) is 0. The standard InChI is InChI=1S/C58H39NO/c1-3-17-40(18-4-1)41-33-35-46(36-34-41)59(47-23-15-21-43(38-47)45-37-44-22-16-32-57-58(44)54(39-45)53-29-12-14-31-56(53)60-57)55-30-13-11-28-52(55)51-27-10-9-26-50(51)49-25-8-7-24-48(49)42-19-5-2-6-20-42/h1-39H. The van der Waals surface area contributed by atoms with Crippen LogP contribution in [0.15, 0.2) is 237 Å². The molecular weight excluding hydrogens is 727 g/mol. The molecule has 0 saturated heterocycles. The second-order valence-corrected chi connectivity index (χ2v) is 15.2. The lowest BCUT2D eigenvalue weighted by Crippen LogP contribution is -2.11. The van der Waals surface area contributed by atoms with Gasteiger partial charge in [-0.05, 0) is 116 Å². The Kier molecular flexibility index (Phi) is 8.87. The van der Waals surface area contributed by atoms with E-state index in [9.17, 15) is 0 Å². The van der Waals surface area contributed by atoms with Crippen molar-refractivity contribution in [1.82, 2.24) is 0 Å². The molecule has 60 heavy (non-hydrogen) atoms. The molecule has 0 N–H and O–H groups in total. The second kappa shape index (κ2) is 15.1. The number of hydrogen-bond acceptors (Lipinski definition) is 2. The molecule has 11 rings (SSSR count). The molecule has 0 amide bonds. The van der Waals surface area contributed by atoms with E-state index in [0.29, 0.717) is 0 Å². The highest BCUT2D eigenvalue weighted by atomic mass is 16.5. The topological polar surface area (TPSA) is 12.5 Å². The summed E-state index contributed by atoms with van der Waals surface area (Å²) >= 11 is 0. The third-order valence-corrected chi connectivity index (χ3v) is 11.7. The largest absolute Gasteiger partial charge is 0.456 e. The van der Waals surface area contributed by atoms with Gasteiger partial charge in [0.25, 0.3) is 0 Å². The van der Waals surface area contributed by atoms with Crippen LogP contribution in [0.2, 0.25) is 0 Å². The van der Waals surface area contributed by atoms with Crippen LogP contribution in [-0.4, -0.2) is 0 Å². The van der Waals surface area contributed by atoms with Gasteiger partial charge in [0.15, 0.2) is 0 Å². The van der Waals surface area contributed by atoms with Gasteiger partial charge in [-0.15, -0.1) is 0 Å². The SMILES string of the molecule is c1ccc(-c2ccc(N(c3cccc(-c4cc5c6c(cccc6c4)Oc4ccccc4-5)c3)c3ccccc3-c3ccccc3-c3ccccc3-c3ccccc3)cc2)cc1. The molecule has 0 atom stereocenters. The van der Waals surface area contributed by atoms with Crippen molar-refractivity contribution in [3.8, 4) is 78.3 Å². The minimum absolute atomic E-state index is 0.886. The number of ether oxygens (including phenoxy) is 1. The van der Waals surface area contributed by atoms with Crippen molar-refractivity contribution in [2.24, 2.45) is 0 Å². The molecule has 1 heterocycles. The number of nitrogens with zero attached hydrogens (tertiary/aromatic N) is 1. The van der Waals surface area contributed by atoms with Crippen LogP contribution < -0.4 is 9.64 Å². The summed E-state index contributed by atoms with van der Waals surface area (Å²) < 4.78 is 6.39. The number of benzene rings is 10. The maximum absolute atomic E-state index is 6.39. The van der Waals surface area contributed by atoms with Crippen LogP contribution in [0, 0.1) is 0 Å². The summed E-state index contributed by atoms with van der Waals surface area (Å²) in [6.07, 6.45) is 0. The van der Waals surface area contributed by atoms with Crippen molar-refractivity contribution in [3.05, 3.63) is 237 Å². The van der Waals surface area contributed by atoms with Crippen molar-refractivity contribution in [2.45, 2.75) is 0 Å². The zero-order chi connectivity index (χ0) is 39.8. The molecule has 0 bridgehead atoms. The quantitative estimate of drug-likeness (QED) is 0.153. The van der Waals surface area contributed by atoms with Crippen molar-refractivity contribution in [3.63, 3.8) is 0 Å². The molecule has 2 nitrogen and oxygen atoms in total. The summed E-state index contributed by atoms with van der Waals surface area (Å²) in [7, 11) is 0. The van der Waals surface area contributed by atoms with Gasteiger partial charge >= 0.3 is 0 Å². The van der Waals surface area contributed by atoms with E-state index in [2.05, 4.69) is 235 Å². The van der Waals surface area contributed by atoms with Crippen molar-refractivity contribution in [2.75, 3.05) is 4.90 Å². The molecule has 0 radical (unpaired) electrons. The van der Waals surface area contributed by atoms with Gasteiger partial charge in [0, 0.05) is 27.9 Å². The zero-order valence-corrected chi connectivity index (χ0v) is 32.9. The van der Waals surface area contributed by atoms with Gasteiger partial charge in [0.1, 0.15) is 11.5 Å². The van der Waals surface area contributed by atoms with Gasteiger partial charge in [0.05, 0.1) is 5.69 Å². The van der Waals surface area contributed by atoms with E-state index in [4.69, 9.17) is 4.74 Å². The number of hydrogen-bond donors (Lipinski definition) is 0. The van der Waals surface area contributed by atoms with Gasteiger partial charge in [-0.3, -0.25) is 0 Å². The highest BCUT2D eigenvalue weighted by molar-refractivity contribution is 6.06. The zero-order valence-electron chi connectivity index (χ0n) is 32.9. The molecular formula is C58H39NO. The molecule has 0 aliphatic carbocycles. The highest BCUT2D eigenvalue weighted by Crippen LogP contribution is 2.49. The third-order valence-electron chi connectivity index (χ3n) is 11.7. The molecule has 10 aromatic rings. The second-order valence-electron chi connectivity index (χ2n) is 15.2. The lowest BCUT2D eigenvalue weighted by Gasteiger charge is -2.29. The van der Waals surface area contributed by atoms with E-state index in [1.54, 1.807) is 0 Å². The molecule has 1 aliphatic rings. The average molecular weight is 766 g/mol. The molecule has 0 aromatic heterocycles. The van der Waals surface area contributed by atoms with Crippen LogP contribution >= 0.6 is 0 Å². The molecule has 1 aliphatic heterocycles. The number of rotatable bonds is 8. The molecule has 0 unspecified atom stereocenters. The molecule has 0 saturated carbocycles. The first-order chi connectivity index (χ1) is 29.8. The van der Waals surface area contributed by atoms with Gasteiger partial charge in [-0.1, -0.05) is 182 Å². The fourth-order valence-electron chi connectivity index (χ4n) is 8.88. The van der Waals surface area contributed by atoms with Crippen LogP contribution in [0.1, 0.15) is 0 Å². The molecule has 0 fully saturated rings. The predicted octanol–water partition coefficient (Wildman–Crippen LogP) is 16.4. The Labute approximate surface area is 350 Å². The minimum Gasteiger partial charge on any atom is -0.456 e.